The Labute approximate surface area is 99.8 Å². The highest BCUT2D eigenvalue weighted by atomic mass is 15.3. The lowest BCUT2D eigenvalue weighted by atomic mass is 9.98. The van der Waals surface area contributed by atoms with Crippen LogP contribution in [0.3, 0.4) is 0 Å². The third-order valence-corrected chi connectivity index (χ3v) is 4.20. The predicted molar refractivity (Wildman–Crippen MR) is 63.9 cm³/mol. The normalized spacial score (nSPS) is 32.4. The van der Waals surface area contributed by atoms with Crippen molar-refractivity contribution in [2.24, 2.45) is 5.11 Å². The van der Waals surface area contributed by atoms with E-state index in [0.29, 0.717) is 23.8 Å². The van der Waals surface area contributed by atoms with E-state index >= 15 is 0 Å². The van der Waals surface area contributed by atoms with Gasteiger partial charge in [0.2, 0.25) is 0 Å². The third kappa shape index (κ3) is 1.79. The third-order valence-electron chi connectivity index (χ3n) is 4.20. The van der Waals surface area contributed by atoms with Gasteiger partial charge in [-0.05, 0) is 38.3 Å². The Kier molecular flexibility index (Phi) is 2.53. The maximum absolute atomic E-state index is 8.38. The smallest absolute Gasteiger partial charge is 0.0755 e. The van der Waals surface area contributed by atoms with Crippen molar-refractivity contribution in [2.75, 3.05) is 7.05 Å². The van der Waals surface area contributed by atoms with Crippen LogP contribution in [0.4, 0.5) is 5.69 Å². The average molecular weight is 232 g/mol. The Hall–Kier alpha value is -1.52. The van der Waals surface area contributed by atoms with E-state index in [-0.39, 0.29) is 0 Å². The van der Waals surface area contributed by atoms with E-state index < -0.39 is 0 Å². The first-order chi connectivity index (χ1) is 8.28. The van der Waals surface area contributed by atoms with Gasteiger partial charge in [0.05, 0.1) is 17.9 Å². The fourth-order valence-corrected chi connectivity index (χ4v) is 3.23. The molecule has 6 nitrogen and oxygen atoms in total. The number of nitrogens with zero attached hydrogens (tertiary/aromatic N) is 6. The topological polar surface area (TPSA) is 69.8 Å². The molecule has 1 aromatic heterocycles. The summed E-state index contributed by atoms with van der Waals surface area (Å²) >= 11 is 0. The van der Waals surface area contributed by atoms with Gasteiger partial charge >= 0.3 is 0 Å². The van der Waals surface area contributed by atoms with Crippen LogP contribution in [0.2, 0.25) is 0 Å². The van der Waals surface area contributed by atoms with Gasteiger partial charge in [0, 0.05) is 23.2 Å². The maximum Gasteiger partial charge on any atom is 0.0755 e. The molecule has 2 aliphatic rings. The molecule has 2 saturated heterocycles. The van der Waals surface area contributed by atoms with Crippen LogP contribution in [0.15, 0.2) is 17.5 Å². The lowest BCUT2D eigenvalue weighted by Gasteiger charge is -2.36. The monoisotopic (exact) mass is 232 g/mol. The summed E-state index contributed by atoms with van der Waals surface area (Å²) in [5.74, 6) is 0. The van der Waals surface area contributed by atoms with E-state index in [0.717, 1.165) is 12.8 Å². The first kappa shape index (κ1) is 10.6. The van der Waals surface area contributed by atoms with Crippen LogP contribution in [0, 0.1) is 0 Å². The van der Waals surface area contributed by atoms with Gasteiger partial charge in [0.25, 0.3) is 0 Å². The lowest BCUT2D eigenvalue weighted by molar-refractivity contribution is 0.131. The van der Waals surface area contributed by atoms with Crippen molar-refractivity contribution >= 4 is 5.69 Å². The van der Waals surface area contributed by atoms with Crippen molar-refractivity contribution in [1.82, 2.24) is 14.7 Å². The number of azide groups is 1. The highest BCUT2D eigenvalue weighted by molar-refractivity contribution is 5.29. The molecule has 6 heteroatoms. The van der Waals surface area contributed by atoms with Crippen molar-refractivity contribution in [3.8, 4) is 0 Å². The molecule has 2 atom stereocenters. The van der Waals surface area contributed by atoms with E-state index in [1.807, 2.05) is 10.9 Å². The number of fused-ring (bicyclic) bond motifs is 2. The molecule has 0 aliphatic carbocycles. The van der Waals surface area contributed by atoms with Gasteiger partial charge in [-0.1, -0.05) is 5.11 Å². The van der Waals surface area contributed by atoms with E-state index in [2.05, 4.69) is 27.1 Å². The zero-order valence-electron chi connectivity index (χ0n) is 9.90. The number of aromatic nitrogens is 2. The molecule has 3 heterocycles. The summed E-state index contributed by atoms with van der Waals surface area (Å²) in [5.41, 5.74) is 8.99. The molecule has 2 bridgehead atoms. The zero-order chi connectivity index (χ0) is 11.8. The number of hydrogen-bond acceptors (Lipinski definition) is 3. The molecule has 2 unspecified atom stereocenters. The van der Waals surface area contributed by atoms with Crippen LogP contribution in [-0.4, -0.2) is 33.8 Å². The first-order valence-electron chi connectivity index (χ1n) is 6.09. The highest BCUT2D eigenvalue weighted by Crippen LogP contribution is 2.39. The molecule has 0 radical (unpaired) electrons. The zero-order valence-corrected chi connectivity index (χ0v) is 9.90. The molecular formula is C11H16N6. The van der Waals surface area contributed by atoms with Gasteiger partial charge in [-0.3, -0.25) is 4.68 Å². The Morgan fingerprint density at radius 3 is 2.71 bits per heavy atom. The Balaban J connectivity index is 1.79. The molecule has 0 saturated carbocycles. The molecule has 3 rings (SSSR count). The molecule has 2 fully saturated rings. The number of hydrogen-bond donors (Lipinski definition) is 0. The van der Waals surface area contributed by atoms with Crippen molar-refractivity contribution in [3.05, 3.63) is 22.8 Å². The number of piperidine rings is 1. The lowest BCUT2D eigenvalue weighted by Crippen LogP contribution is -2.40. The summed E-state index contributed by atoms with van der Waals surface area (Å²) in [4.78, 5) is 5.29. The fourth-order valence-electron chi connectivity index (χ4n) is 3.23. The fraction of sp³-hybridized carbons (Fsp3) is 0.727. The Morgan fingerprint density at radius 1 is 1.35 bits per heavy atom. The van der Waals surface area contributed by atoms with Crippen LogP contribution in [0.1, 0.15) is 31.7 Å². The molecular weight excluding hydrogens is 216 g/mol. The van der Waals surface area contributed by atoms with Gasteiger partial charge < -0.3 is 4.90 Å². The van der Waals surface area contributed by atoms with Gasteiger partial charge in [0.15, 0.2) is 0 Å². The first-order valence-corrected chi connectivity index (χ1v) is 6.09. The van der Waals surface area contributed by atoms with E-state index in [1.165, 1.54) is 12.8 Å². The second-order valence-corrected chi connectivity index (χ2v) is 5.04. The van der Waals surface area contributed by atoms with Crippen LogP contribution in [-0.2, 0) is 0 Å². The molecule has 1 aromatic rings. The molecule has 90 valence electrons. The van der Waals surface area contributed by atoms with Crippen LogP contribution >= 0.6 is 0 Å². The Morgan fingerprint density at radius 2 is 2.06 bits per heavy atom. The predicted octanol–water partition coefficient (Wildman–Crippen LogP) is 2.62. The van der Waals surface area contributed by atoms with Crippen molar-refractivity contribution in [1.29, 1.82) is 0 Å². The summed E-state index contributed by atoms with van der Waals surface area (Å²) < 4.78 is 1.97. The summed E-state index contributed by atoms with van der Waals surface area (Å²) in [6.07, 6.45) is 8.42. The summed E-state index contributed by atoms with van der Waals surface area (Å²) in [6, 6.07) is 1.86. The molecule has 0 N–H and O–H groups in total. The second kappa shape index (κ2) is 4.05. The largest absolute Gasteiger partial charge is 0.300 e. The maximum atomic E-state index is 8.38. The van der Waals surface area contributed by atoms with Gasteiger partial charge in [0.1, 0.15) is 0 Å². The van der Waals surface area contributed by atoms with Crippen LogP contribution < -0.4 is 0 Å². The van der Waals surface area contributed by atoms with Gasteiger partial charge in [-0.15, -0.1) is 0 Å². The van der Waals surface area contributed by atoms with Crippen LogP contribution in [0.25, 0.3) is 10.4 Å². The standard InChI is InChI=1S/C11H16N6/c1-16-9-2-3-10(16)5-11(4-9)17-7-8(6-13-17)14-15-12/h6-7,9-11H,2-5H2,1H3. The summed E-state index contributed by atoms with van der Waals surface area (Å²) in [5, 5.41) is 7.89. The molecule has 2 aliphatic heterocycles. The van der Waals surface area contributed by atoms with Crippen molar-refractivity contribution in [2.45, 2.75) is 43.8 Å². The van der Waals surface area contributed by atoms with E-state index in [4.69, 9.17) is 5.53 Å². The minimum atomic E-state index is 0.464. The van der Waals surface area contributed by atoms with Crippen LogP contribution in [0.5, 0.6) is 0 Å². The minimum Gasteiger partial charge on any atom is -0.300 e. The summed E-state index contributed by atoms with van der Waals surface area (Å²) in [7, 11) is 2.23. The highest BCUT2D eigenvalue weighted by Gasteiger charge is 2.39. The van der Waals surface area contributed by atoms with Crippen molar-refractivity contribution < 1.29 is 0 Å². The summed E-state index contributed by atoms with van der Waals surface area (Å²) in [6.45, 7) is 0. The molecule has 17 heavy (non-hydrogen) atoms. The minimum absolute atomic E-state index is 0.464. The molecule has 0 amide bonds. The number of rotatable bonds is 2. The molecule has 0 spiro atoms. The van der Waals surface area contributed by atoms with Gasteiger partial charge in [-0.25, -0.2) is 0 Å². The Bertz CT molecular complexity index is 446. The second-order valence-electron chi connectivity index (χ2n) is 5.04. The quantitative estimate of drug-likeness (QED) is 0.446. The van der Waals surface area contributed by atoms with E-state index in [1.54, 1.807) is 6.20 Å². The molecule has 0 aromatic carbocycles. The SMILES string of the molecule is CN1C2CCC1CC(n1cc(N=[N+]=[N-])cn1)C2. The van der Waals surface area contributed by atoms with Crippen molar-refractivity contribution in [3.63, 3.8) is 0 Å². The van der Waals surface area contributed by atoms with Gasteiger partial charge in [-0.2, -0.15) is 5.10 Å². The average Bonchev–Trinajstić information content (AvgIpc) is 2.83. The van der Waals surface area contributed by atoms with E-state index in [9.17, 15) is 0 Å².